The van der Waals surface area contributed by atoms with Crippen LogP contribution < -0.4 is 20.8 Å². The van der Waals surface area contributed by atoms with Crippen molar-refractivity contribution in [2.24, 2.45) is 5.10 Å². The average Bonchev–Trinajstić information content (AvgIpc) is 2.95. The minimum atomic E-state index is 0.0823. The van der Waals surface area contributed by atoms with Gasteiger partial charge in [-0.2, -0.15) is 5.10 Å². The van der Waals surface area contributed by atoms with Crippen LogP contribution in [-0.4, -0.2) is 43.2 Å². The molecule has 10 heteroatoms. The van der Waals surface area contributed by atoms with Gasteiger partial charge in [-0.1, -0.05) is 35.1 Å². The molecular formula is C16H20ClN5O2S2. The average molecular weight is 414 g/mol. The number of rotatable bonds is 8. The predicted molar refractivity (Wildman–Crippen MR) is 111 cm³/mol. The summed E-state index contributed by atoms with van der Waals surface area (Å²) < 4.78 is 10.3. The smallest absolute Gasteiger partial charge is 0.189 e. The lowest BCUT2D eigenvalue weighted by molar-refractivity contribution is 0.179. The molecule has 7 nitrogen and oxygen atoms in total. The third-order valence-electron chi connectivity index (χ3n) is 3.10. The van der Waals surface area contributed by atoms with Gasteiger partial charge >= 0.3 is 0 Å². The molecule has 0 unspecified atom stereocenters. The summed E-state index contributed by atoms with van der Waals surface area (Å²) in [7, 11) is 3.25. The van der Waals surface area contributed by atoms with E-state index in [-0.39, 0.29) is 6.04 Å². The van der Waals surface area contributed by atoms with Crippen LogP contribution in [0.5, 0.6) is 5.75 Å². The summed E-state index contributed by atoms with van der Waals surface area (Å²) in [6, 6.07) is 7.65. The molecule has 3 N–H and O–H groups in total. The molecule has 1 aromatic carbocycles. The highest BCUT2D eigenvalue weighted by molar-refractivity contribution is 7.80. The lowest BCUT2D eigenvalue weighted by Gasteiger charge is -2.13. The van der Waals surface area contributed by atoms with Crippen molar-refractivity contribution < 1.29 is 9.47 Å². The van der Waals surface area contributed by atoms with Crippen LogP contribution >= 0.6 is 35.2 Å². The largest absolute Gasteiger partial charge is 0.495 e. The van der Waals surface area contributed by atoms with E-state index in [1.807, 2.05) is 31.2 Å². The number of ether oxygens (including phenoxy) is 2. The number of hydrazone groups is 1. The summed E-state index contributed by atoms with van der Waals surface area (Å²) in [4.78, 5) is 4.98. The van der Waals surface area contributed by atoms with Gasteiger partial charge in [-0.25, -0.2) is 4.98 Å². The van der Waals surface area contributed by atoms with E-state index >= 15 is 0 Å². The molecule has 140 valence electrons. The van der Waals surface area contributed by atoms with Crippen molar-refractivity contribution in [2.75, 3.05) is 26.1 Å². The molecule has 0 aliphatic rings. The van der Waals surface area contributed by atoms with E-state index < -0.39 is 0 Å². The SMILES string of the molecule is COC[C@@H](C)NC(=S)N/N=C/c1sc(Nc2ccccc2OC)nc1Cl. The first-order valence-corrected chi connectivity index (χ1v) is 9.28. The number of halogens is 1. The zero-order valence-electron chi connectivity index (χ0n) is 14.6. The number of aromatic nitrogens is 1. The molecule has 0 aliphatic heterocycles. The van der Waals surface area contributed by atoms with E-state index in [2.05, 4.69) is 26.1 Å². The summed E-state index contributed by atoms with van der Waals surface area (Å²) in [6.07, 6.45) is 1.57. The fourth-order valence-electron chi connectivity index (χ4n) is 2.01. The van der Waals surface area contributed by atoms with Crippen LogP contribution in [0.15, 0.2) is 29.4 Å². The Morgan fingerprint density at radius 3 is 2.92 bits per heavy atom. The third-order valence-corrected chi connectivity index (χ3v) is 4.61. The molecule has 0 bridgehead atoms. The van der Waals surface area contributed by atoms with E-state index in [0.29, 0.717) is 26.9 Å². The normalized spacial score (nSPS) is 12.0. The number of nitrogens with one attached hydrogen (secondary N) is 3. The Labute approximate surface area is 166 Å². The molecule has 0 saturated carbocycles. The van der Waals surface area contributed by atoms with Gasteiger partial charge in [0.2, 0.25) is 0 Å². The zero-order chi connectivity index (χ0) is 18.9. The first-order chi connectivity index (χ1) is 12.5. The maximum absolute atomic E-state index is 6.17. The van der Waals surface area contributed by atoms with E-state index in [0.717, 1.165) is 11.4 Å². The minimum absolute atomic E-state index is 0.0823. The Morgan fingerprint density at radius 2 is 2.19 bits per heavy atom. The first-order valence-electron chi connectivity index (χ1n) is 7.68. The molecule has 0 amide bonds. The Kier molecular flexibility index (Phi) is 8.05. The second-order valence-corrected chi connectivity index (χ2v) is 7.00. The molecule has 0 saturated heterocycles. The van der Waals surface area contributed by atoms with Crippen LogP contribution in [0.4, 0.5) is 10.8 Å². The van der Waals surface area contributed by atoms with Gasteiger partial charge in [0.1, 0.15) is 5.75 Å². The van der Waals surface area contributed by atoms with E-state index in [4.69, 9.17) is 33.3 Å². The van der Waals surface area contributed by atoms with E-state index in [9.17, 15) is 0 Å². The molecule has 1 heterocycles. The van der Waals surface area contributed by atoms with Crippen LogP contribution in [0.3, 0.4) is 0 Å². The highest BCUT2D eigenvalue weighted by Gasteiger charge is 2.10. The highest BCUT2D eigenvalue weighted by Crippen LogP contribution is 2.31. The fraction of sp³-hybridized carbons (Fsp3) is 0.312. The standard InChI is InChI=1S/C16H20ClN5O2S2/c1-10(9-23-2)19-15(25)22-18-8-13-14(17)21-16(26-13)20-11-6-4-5-7-12(11)24-3/h4-8,10H,9H2,1-3H3,(H,20,21)(H2,19,22,25)/b18-8+/t10-/m1/s1. The summed E-state index contributed by atoms with van der Waals surface area (Å²) in [5.74, 6) is 0.720. The zero-order valence-corrected chi connectivity index (χ0v) is 17.0. The third kappa shape index (κ3) is 6.10. The monoisotopic (exact) mass is 413 g/mol. The number of para-hydroxylation sites is 2. The lowest BCUT2D eigenvalue weighted by atomic mass is 10.3. The molecule has 2 aromatic rings. The van der Waals surface area contributed by atoms with Crippen molar-refractivity contribution in [3.63, 3.8) is 0 Å². The van der Waals surface area contributed by atoms with Crippen molar-refractivity contribution in [3.8, 4) is 5.75 Å². The van der Waals surface area contributed by atoms with Gasteiger partial charge in [0, 0.05) is 13.2 Å². The van der Waals surface area contributed by atoms with Crippen molar-refractivity contribution in [1.82, 2.24) is 15.7 Å². The van der Waals surface area contributed by atoms with Crippen molar-refractivity contribution >= 4 is 57.3 Å². The Morgan fingerprint density at radius 1 is 1.42 bits per heavy atom. The van der Waals surface area contributed by atoms with Gasteiger partial charge in [0.25, 0.3) is 0 Å². The molecule has 1 aromatic heterocycles. The molecular weight excluding hydrogens is 394 g/mol. The molecule has 0 fully saturated rings. The predicted octanol–water partition coefficient (Wildman–Crippen LogP) is 3.38. The maximum atomic E-state index is 6.17. The summed E-state index contributed by atoms with van der Waals surface area (Å²) >= 11 is 12.7. The van der Waals surface area contributed by atoms with Crippen molar-refractivity contribution in [3.05, 3.63) is 34.3 Å². The van der Waals surface area contributed by atoms with Crippen molar-refractivity contribution in [1.29, 1.82) is 0 Å². The lowest BCUT2D eigenvalue weighted by Crippen LogP contribution is -2.40. The number of anilines is 2. The number of benzene rings is 1. The molecule has 2 rings (SSSR count). The molecule has 1 atom stereocenters. The van der Waals surface area contributed by atoms with Gasteiger partial charge in [-0.15, -0.1) is 0 Å². The van der Waals surface area contributed by atoms with Gasteiger partial charge in [-0.3, -0.25) is 5.43 Å². The van der Waals surface area contributed by atoms with Gasteiger partial charge in [0.05, 0.1) is 30.5 Å². The van der Waals surface area contributed by atoms with Crippen LogP contribution in [0, 0.1) is 0 Å². The topological polar surface area (TPSA) is 79.8 Å². The quantitative estimate of drug-likeness (QED) is 0.347. The number of hydrogen-bond acceptors (Lipinski definition) is 7. The fourth-order valence-corrected chi connectivity index (χ4v) is 3.30. The van der Waals surface area contributed by atoms with Crippen LogP contribution in [-0.2, 0) is 4.74 Å². The van der Waals surface area contributed by atoms with E-state index in [1.165, 1.54) is 11.3 Å². The second kappa shape index (κ2) is 10.3. The van der Waals surface area contributed by atoms with Gasteiger partial charge in [0.15, 0.2) is 15.4 Å². The first kappa shape index (κ1) is 20.4. The number of thiazole rings is 1. The number of methoxy groups -OCH3 is 2. The number of thiocarbonyl (C=S) groups is 1. The molecule has 0 radical (unpaired) electrons. The second-order valence-electron chi connectivity index (χ2n) is 5.20. The van der Waals surface area contributed by atoms with Gasteiger partial charge < -0.3 is 20.1 Å². The van der Waals surface area contributed by atoms with Crippen LogP contribution in [0.1, 0.15) is 11.8 Å². The van der Waals surface area contributed by atoms with Gasteiger partial charge in [-0.05, 0) is 31.3 Å². The van der Waals surface area contributed by atoms with Crippen molar-refractivity contribution in [2.45, 2.75) is 13.0 Å². The van der Waals surface area contributed by atoms with Crippen LogP contribution in [0.25, 0.3) is 0 Å². The molecule has 0 spiro atoms. The minimum Gasteiger partial charge on any atom is -0.495 e. The van der Waals surface area contributed by atoms with Crippen LogP contribution in [0.2, 0.25) is 5.15 Å². The summed E-state index contributed by atoms with van der Waals surface area (Å²) in [6.45, 7) is 2.50. The van der Waals surface area contributed by atoms with E-state index in [1.54, 1.807) is 20.4 Å². The Bertz CT molecular complexity index is 769. The molecule has 26 heavy (non-hydrogen) atoms. The summed E-state index contributed by atoms with van der Waals surface area (Å²) in [5, 5.41) is 11.7. The molecule has 0 aliphatic carbocycles. The summed E-state index contributed by atoms with van der Waals surface area (Å²) in [5.41, 5.74) is 3.54. The highest BCUT2D eigenvalue weighted by atomic mass is 35.5. The number of nitrogens with zero attached hydrogens (tertiary/aromatic N) is 2. The Balaban J connectivity index is 1.96. The number of hydrogen-bond donors (Lipinski definition) is 3. The maximum Gasteiger partial charge on any atom is 0.189 e. The Hall–Kier alpha value is -1.94.